The number of aromatic nitrogens is 3. The van der Waals surface area contributed by atoms with Crippen LogP contribution in [0.2, 0.25) is 10.0 Å². The van der Waals surface area contributed by atoms with Crippen LogP contribution in [0.5, 0.6) is 0 Å². The summed E-state index contributed by atoms with van der Waals surface area (Å²) in [4.78, 5) is 25.0. The standard InChI is InChI=1S/C18H15Cl2N3O2/c1-12-17(24)22(10-13-2-6-15(19)7-3-13)18(25)23(21-12)11-14-4-8-16(20)9-5-14/h2-9H,10-11H2,1H3. The second-order valence-electron chi connectivity index (χ2n) is 5.67. The number of hydrogen-bond acceptors (Lipinski definition) is 3. The van der Waals surface area contributed by atoms with Crippen LogP contribution in [0.1, 0.15) is 16.8 Å². The normalized spacial score (nSPS) is 10.8. The highest BCUT2D eigenvalue weighted by Crippen LogP contribution is 2.11. The van der Waals surface area contributed by atoms with E-state index in [0.29, 0.717) is 10.0 Å². The molecule has 3 rings (SSSR count). The fourth-order valence-corrected chi connectivity index (χ4v) is 2.72. The van der Waals surface area contributed by atoms with Gasteiger partial charge in [0.15, 0.2) is 0 Å². The van der Waals surface area contributed by atoms with Gasteiger partial charge in [0.1, 0.15) is 5.69 Å². The van der Waals surface area contributed by atoms with Gasteiger partial charge >= 0.3 is 5.69 Å². The lowest BCUT2D eigenvalue weighted by molar-refractivity contribution is 0.531. The minimum Gasteiger partial charge on any atom is -0.267 e. The van der Waals surface area contributed by atoms with E-state index in [0.717, 1.165) is 11.1 Å². The molecular weight excluding hydrogens is 361 g/mol. The first-order valence-corrected chi connectivity index (χ1v) is 8.37. The third kappa shape index (κ3) is 4.00. The highest BCUT2D eigenvalue weighted by molar-refractivity contribution is 6.30. The van der Waals surface area contributed by atoms with Crippen molar-refractivity contribution in [3.63, 3.8) is 0 Å². The van der Waals surface area contributed by atoms with Crippen LogP contribution >= 0.6 is 23.2 Å². The van der Waals surface area contributed by atoms with Gasteiger partial charge in [-0.15, -0.1) is 0 Å². The molecule has 7 heteroatoms. The molecule has 0 saturated heterocycles. The van der Waals surface area contributed by atoms with Gasteiger partial charge < -0.3 is 0 Å². The number of benzene rings is 2. The first-order valence-electron chi connectivity index (χ1n) is 7.61. The maximum Gasteiger partial charge on any atom is 0.348 e. The molecule has 0 radical (unpaired) electrons. The molecule has 3 aromatic rings. The summed E-state index contributed by atoms with van der Waals surface area (Å²) in [6.45, 7) is 2.02. The smallest absolute Gasteiger partial charge is 0.267 e. The fraction of sp³-hybridized carbons (Fsp3) is 0.167. The molecule has 2 aromatic carbocycles. The zero-order valence-corrected chi connectivity index (χ0v) is 15.0. The van der Waals surface area contributed by atoms with E-state index in [1.807, 2.05) is 12.1 Å². The van der Waals surface area contributed by atoms with E-state index in [-0.39, 0.29) is 18.8 Å². The van der Waals surface area contributed by atoms with Gasteiger partial charge in [0, 0.05) is 10.0 Å². The molecule has 5 nitrogen and oxygen atoms in total. The maximum absolute atomic E-state index is 12.7. The quantitative estimate of drug-likeness (QED) is 0.703. The van der Waals surface area contributed by atoms with Crippen LogP contribution in [-0.2, 0) is 13.1 Å². The summed E-state index contributed by atoms with van der Waals surface area (Å²) in [5.74, 6) is 0. The molecule has 0 bridgehead atoms. The highest BCUT2D eigenvalue weighted by Gasteiger charge is 2.11. The molecule has 0 amide bonds. The average Bonchev–Trinajstić information content (AvgIpc) is 2.60. The number of aryl methyl sites for hydroxylation is 1. The van der Waals surface area contributed by atoms with Crippen LogP contribution in [0.3, 0.4) is 0 Å². The van der Waals surface area contributed by atoms with Gasteiger partial charge in [0.25, 0.3) is 5.56 Å². The van der Waals surface area contributed by atoms with Gasteiger partial charge in [-0.3, -0.25) is 9.36 Å². The average molecular weight is 376 g/mol. The number of hydrogen-bond donors (Lipinski definition) is 0. The number of nitrogens with zero attached hydrogens (tertiary/aromatic N) is 3. The van der Waals surface area contributed by atoms with Gasteiger partial charge in [0.05, 0.1) is 13.1 Å². The van der Waals surface area contributed by atoms with Crippen LogP contribution in [0.15, 0.2) is 58.1 Å². The van der Waals surface area contributed by atoms with E-state index in [2.05, 4.69) is 5.10 Å². The molecular formula is C18H15Cl2N3O2. The molecule has 0 saturated carbocycles. The van der Waals surface area contributed by atoms with Crippen LogP contribution in [0.25, 0.3) is 0 Å². The minimum atomic E-state index is -0.458. The predicted octanol–water partition coefficient (Wildman–Crippen LogP) is 3.12. The van der Waals surface area contributed by atoms with Crippen molar-refractivity contribution in [2.45, 2.75) is 20.0 Å². The van der Waals surface area contributed by atoms with Crippen LogP contribution in [-0.4, -0.2) is 14.3 Å². The molecule has 0 spiro atoms. The summed E-state index contributed by atoms with van der Waals surface area (Å²) in [6, 6.07) is 14.2. The van der Waals surface area contributed by atoms with Gasteiger partial charge in [-0.05, 0) is 42.3 Å². The van der Waals surface area contributed by atoms with Crippen molar-refractivity contribution in [1.29, 1.82) is 0 Å². The molecule has 25 heavy (non-hydrogen) atoms. The Morgan fingerprint density at radius 3 is 1.84 bits per heavy atom. The predicted molar refractivity (Wildman–Crippen MR) is 98.6 cm³/mol. The van der Waals surface area contributed by atoms with Crippen molar-refractivity contribution < 1.29 is 0 Å². The molecule has 0 aliphatic carbocycles. The van der Waals surface area contributed by atoms with Crippen molar-refractivity contribution in [2.75, 3.05) is 0 Å². The first kappa shape index (κ1) is 17.5. The van der Waals surface area contributed by atoms with E-state index in [1.165, 1.54) is 9.25 Å². The zero-order valence-electron chi connectivity index (χ0n) is 13.4. The molecule has 0 unspecified atom stereocenters. The van der Waals surface area contributed by atoms with Crippen molar-refractivity contribution in [3.8, 4) is 0 Å². The molecule has 0 fully saturated rings. The Kier molecular flexibility index (Phi) is 5.06. The Balaban J connectivity index is 1.99. The Morgan fingerprint density at radius 1 is 0.840 bits per heavy atom. The summed E-state index contributed by atoms with van der Waals surface area (Å²) in [5.41, 5.74) is 1.10. The van der Waals surface area contributed by atoms with E-state index < -0.39 is 11.2 Å². The third-order valence-corrected chi connectivity index (χ3v) is 4.28. The summed E-state index contributed by atoms with van der Waals surface area (Å²) in [6.07, 6.45) is 0. The highest BCUT2D eigenvalue weighted by atomic mass is 35.5. The lowest BCUT2D eigenvalue weighted by Gasteiger charge is -2.11. The second kappa shape index (κ2) is 7.25. The van der Waals surface area contributed by atoms with E-state index in [9.17, 15) is 9.59 Å². The van der Waals surface area contributed by atoms with Crippen LogP contribution < -0.4 is 11.2 Å². The van der Waals surface area contributed by atoms with Crippen LogP contribution in [0.4, 0.5) is 0 Å². The fourth-order valence-electron chi connectivity index (χ4n) is 2.47. The van der Waals surface area contributed by atoms with E-state index in [1.54, 1.807) is 43.3 Å². The Labute approximate surface area is 154 Å². The molecule has 1 aromatic heterocycles. The second-order valence-corrected chi connectivity index (χ2v) is 6.54. The molecule has 1 heterocycles. The largest absolute Gasteiger partial charge is 0.348 e. The lowest BCUT2D eigenvalue weighted by Crippen LogP contribution is -2.43. The molecule has 0 aliphatic rings. The van der Waals surface area contributed by atoms with Gasteiger partial charge in [-0.1, -0.05) is 47.5 Å². The summed E-state index contributed by atoms with van der Waals surface area (Å²) in [7, 11) is 0. The SMILES string of the molecule is Cc1nn(Cc2ccc(Cl)cc2)c(=O)n(Cc2ccc(Cl)cc2)c1=O. The summed E-state index contributed by atoms with van der Waals surface area (Å²) >= 11 is 11.8. The van der Waals surface area contributed by atoms with Crippen molar-refractivity contribution in [3.05, 3.63) is 96.2 Å². The van der Waals surface area contributed by atoms with Gasteiger partial charge in [0.2, 0.25) is 0 Å². The zero-order chi connectivity index (χ0) is 18.0. The molecule has 0 atom stereocenters. The number of rotatable bonds is 4. The summed E-state index contributed by atoms with van der Waals surface area (Å²) in [5, 5.41) is 5.34. The molecule has 0 aliphatic heterocycles. The maximum atomic E-state index is 12.7. The molecule has 128 valence electrons. The number of halogens is 2. The molecule has 0 N–H and O–H groups in total. The first-order chi connectivity index (χ1) is 11.9. The van der Waals surface area contributed by atoms with Gasteiger partial charge in [-0.25, -0.2) is 9.48 Å². The monoisotopic (exact) mass is 375 g/mol. The summed E-state index contributed by atoms with van der Waals surface area (Å²) < 4.78 is 2.47. The van der Waals surface area contributed by atoms with E-state index >= 15 is 0 Å². The van der Waals surface area contributed by atoms with Crippen molar-refractivity contribution >= 4 is 23.2 Å². The van der Waals surface area contributed by atoms with Gasteiger partial charge in [-0.2, -0.15) is 5.10 Å². The minimum absolute atomic E-state index is 0.165. The van der Waals surface area contributed by atoms with Crippen molar-refractivity contribution in [1.82, 2.24) is 14.3 Å². The van der Waals surface area contributed by atoms with E-state index in [4.69, 9.17) is 23.2 Å². The lowest BCUT2D eigenvalue weighted by atomic mass is 10.2. The Bertz CT molecular complexity index is 1010. The topological polar surface area (TPSA) is 56.9 Å². The Hall–Kier alpha value is -2.37. The third-order valence-electron chi connectivity index (χ3n) is 3.78. The Morgan fingerprint density at radius 2 is 1.32 bits per heavy atom. The van der Waals surface area contributed by atoms with Crippen molar-refractivity contribution in [2.24, 2.45) is 0 Å². The van der Waals surface area contributed by atoms with Crippen LogP contribution in [0, 0.1) is 6.92 Å².